The molecule has 1 aromatic carbocycles. The van der Waals surface area contributed by atoms with E-state index in [-0.39, 0.29) is 28.4 Å². The van der Waals surface area contributed by atoms with Crippen molar-refractivity contribution in [3.05, 3.63) is 28.8 Å². The molecule has 1 saturated heterocycles. The van der Waals surface area contributed by atoms with Crippen LogP contribution in [0.1, 0.15) is 18.9 Å². The van der Waals surface area contributed by atoms with E-state index in [9.17, 15) is 13.2 Å². The summed E-state index contributed by atoms with van der Waals surface area (Å²) in [4.78, 5) is 11.0. The highest BCUT2D eigenvalue weighted by atomic mass is 35.5. The third kappa shape index (κ3) is 3.35. The Morgan fingerprint density at radius 2 is 2.24 bits per heavy atom. The van der Waals surface area contributed by atoms with Crippen LogP contribution in [0.2, 0.25) is 5.02 Å². The number of rotatable bonds is 3. The summed E-state index contributed by atoms with van der Waals surface area (Å²) in [6.07, 6.45) is 0.562. The maximum Gasteiger partial charge on any atom is 0.244 e. The Kier molecular flexibility index (Phi) is 4.52. The molecule has 1 aromatic rings. The van der Waals surface area contributed by atoms with Gasteiger partial charge in [0, 0.05) is 26.1 Å². The Morgan fingerprint density at radius 1 is 1.52 bits per heavy atom. The number of nitriles is 1. The highest BCUT2D eigenvalue weighted by Gasteiger charge is 2.34. The van der Waals surface area contributed by atoms with Crippen LogP contribution in [0.5, 0.6) is 0 Å². The molecule has 1 aliphatic heterocycles. The Morgan fingerprint density at radius 3 is 2.81 bits per heavy atom. The number of carbonyl (C=O) groups excluding carboxylic acids is 1. The van der Waals surface area contributed by atoms with Crippen LogP contribution in [0.25, 0.3) is 0 Å². The molecule has 1 amide bonds. The lowest BCUT2D eigenvalue weighted by Crippen LogP contribution is -2.37. The molecule has 0 saturated carbocycles. The lowest BCUT2D eigenvalue weighted by atomic mass is 10.2. The summed E-state index contributed by atoms with van der Waals surface area (Å²) in [5.74, 6) is -0.185. The predicted octanol–water partition coefficient (Wildman–Crippen LogP) is 1.11. The van der Waals surface area contributed by atoms with Crippen molar-refractivity contribution in [3.63, 3.8) is 0 Å². The summed E-state index contributed by atoms with van der Waals surface area (Å²) in [5.41, 5.74) is 0.302. The number of hydrogen-bond acceptors (Lipinski definition) is 4. The number of amides is 1. The first-order valence-electron chi connectivity index (χ1n) is 6.31. The van der Waals surface area contributed by atoms with E-state index in [1.165, 1.54) is 29.4 Å². The number of sulfonamides is 1. The van der Waals surface area contributed by atoms with Gasteiger partial charge in [0.25, 0.3) is 0 Å². The first-order valence-corrected chi connectivity index (χ1v) is 8.13. The summed E-state index contributed by atoms with van der Waals surface area (Å²) in [6, 6.07) is 5.80. The average Bonchev–Trinajstić information content (AvgIpc) is 2.86. The molecule has 1 atom stereocenters. The van der Waals surface area contributed by atoms with Gasteiger partial charge in [-0.25, -0.2) is 8.42 Å². The highest BCUT2D eigenvalue weighted by Crippen LogP contribution is 2.27. The molecule has 0 radical (unpaired) electrons. The van der Waals surface area contributed by atoms with Crippen molar-refractivity contribution in [2.75, 3.05) is 13.1 Å². The minimum Gasteiger partial charge on any atom is -0.352 e. The second-order valence-electron chi connectivity index (χ2n) is 4.81. The van der Waals surface area contributed by atoms with E-state index in [1.54, 1.807) is 0 Å². The molecule has 1 unspecified atom stereocenters. The van der Waals surface area contributed by atoms with Crippen molar-refractivity contribution in [2.24, 2.45) is 0 Å². The molecule has 1 aliphatic rings. The monoisotopic (exact) mass is 327 g/mol. The van der Waals surface area contributed by atoms with Gasteiger partial charge in [-0.1, -0.05) is 11.6 Å². The minimum absolute atomic E-state index is 0.0216. The van der Waals surface area contributed by atoms with Gasteiger partial charge in [0.1, 0.15) is 4.90 Å². The fourth-order valence-electron chi connectivity index (χ4n) is 2.27. The zero-order chi connectivity index (χ0) is 15.6. The van der Waals surface area contributed by atoms with Crippen LogP contribution in [0.3, 0.4) is 0 Å². The predicted molar refractivity (Wildman–Crippen MR) is 77.1 cm³/mol. The molecular weight excluding hydrogens is 314 g/mol. The van der Waals surface area contributed by atoms with Crippen molar-refractivity contribution < 1.29 is 13.2 Å². The molecule has 8 heteroatoms. The van der Waals surface area contributed by atoms with E-state index in [2.05, 4.69) is 5.32 Å². The van der Waals surface area contributed by atoms with E-state index < -0.39 is 10.0 Å². The van der Waals surface area contributed by atoms with Crippen LogP contribution in [0.4, 0.5) is 0 Å². The molecule has 0 aromatic heterocycles. The Balaban J connectivity index is 2.24. The van der Waals surface area contributed by atoms with Crippen LogP contribution >= 0.6 is 11.6 Å². The molecule has 6 nitrogen and oxygen atoms in total. The van der Waals surface area contributed by atoms with Gasteiger partial charge < -0.3 is 5.32 Å². The van der Waals surface area contributed by atoms with E-state index in [0.29, 0.717) is 18.5 Å². The molecule has 112 valence electrons. The molecule has 1 heterocycles. The second-order valence-corrected chi connectivity index (χ2v) is 7.12. The second kappa shape index (κ2) is 6.02. The molecule has 0 aliphatic carbocycles. The van der Waals surface area contributed by atoms with E-state index in [1.807, 2.05) is 6.07 Å². The summed E-state index contributed by atoms with van der Waals surface area (Å²) >= 11 is 5.97. The van der Waals surface area contributed by atoms with Gasteiger partial charge in [0.2, 0.25) is 15.9 Å². The lowest BCUT2D eigenvalue weighted by molar-refractivity contribution is -0.119. The summed E-state index contributed by atoms with van der Waals surface area (Å²) in [5, 5.41) is 11.5. The van der Waals surface area contributed by atoms with Crippen LogP contribution < -0.4 is 5.32 Å². The van der Waals surface area contributed by atoms with E-state index >= 15 is 0 Å². The van der Waals surface area contributed by atoms with Gasteiger partial charge in [-0.2, -0.15) is 9.57 Å². The summed E-state index contributed by atoms with van der Waals surface area (Å²) in [6.45, 7) is 1.94. The SMILES string of the molecule is CC(=O)NC1CCN(S(=O)(=O)c2ccc(C#N)cc2Cl)C1. The third-order valence-corrected chi connectivity index (χ3v) is 5.59. The van der Waals surface area contributed by atoms with Crippen molar-refractivity contribution >= 4 is 27.5 Å². The molecule has 0 bridgehead atoms. The third-order valence-electron chi connectivity index (χ3n) is 3.24. The van der Waals surface area contributed by atoms with Gasteiger partial charge in [0.05, 0.1) is 16.7 Å². The largest absolute Gasteiger partial charge is 0.352 e. The van der Waals surface area contributed by atoms with Gasteiger partial charge in [-0.05, 0) is 24.6 Å². The zero-order valence-corrected chi connectivity index (χ0v) is 12.9. The maximum absolute atomic E-state index is 12.5. The number of nitrogens with one attached hydrogen (secondary N) is 1. The Bertz CT molecular complexity index is 712. The highest BCUT2D eigenvalue weighted by molar-refractivity contribution is 7.89. The standard InChI is InChI=1S/C13H14ClN3O3S/c1-9(18)16-11-4-5-17(8-11)21(19,20)13-3-2-10(7-15)6-12(13)14/h2-3,6,11H,4-5,8H2,1H3,(H,16,18). The number of carbonyl (C=O) groups is 1. The molecule has 1 fully saturated rings. The minimum atomic E-state index is -3.72. The zero-order valence-electron chi connectivity index (χ0n) is 11.3. The lowest BCUT2D eigenvalue weighted by Gasteiger charge is -2.17. The van der Waals surface area contributed by atoms with Gasteiger partial charge >= 0.3 is 0 Å². The topological polar surface area (TPSA) is 90.3 Å². The smallest absolute Gasteiger partial charge is 0.244 e. The first-order chi connectivity index (χ1) is 9.84. The van der Waals surface area contributed by atoms with Crippen LogP contribution in [-0.2, 0) is 14.8 Å². The normalized spacial score (nSPS) is 19.2. The van der Waals surface area contributed by atoms with Gasteiger partial charge in [-0.15, -0.1) is 0 Å². The molecule has 2 rings (SSSR count). The van der Waals surface area contributed by atoms with Gasteiger partial charge in [-0.3, -0.25) is 4.79 Å². The molecule has 0 spiro atoms. The number of nitrogens with zero attached hydrogens (tertiary/aromatic N) is 2. The number of hydrogen-bond donors (Lipinski definition) is 1. The Hall–Kier alpha value is -1.62. The maximum atomic E-state index is 12.5. The fraction of sp³-hybridized carbons (Fsp3) is 0.385. The van der Waals surface area contributed by atoms with E-state index in [4.69, 9.17) is 16.9 Å². The van der Waals surface area contributed by atoms with Crippen LogP contribution in [0, 0.1) is 11.3 Å². The number of halogens is 1. The molecule has 21 heavy (non-hydrogen) atoms. The summed E-state index contributed by atoms with van der Waals surface area (Å²) in [7, 11) is -3.72. The fourth-order valence-corrected chi connectivity index (χ4v) is 4.29. The first kappa shape index (κ1) is 15.8. The van der Waals surface area contributed by atoms with Crippen molar-refractivity contribution in [1.82, 2.24) is 9.62 Å². The van der Waals surface area contributed by atoms with Crippen molar-refractivity contribution in [2.45, 2.75) is 24.3 Å². The van der Waals surface area contributed by atoms with Crippen molar-refractivity contribution in [1.29, 1.82) is 5.26 Å². The van der Waals surface area contributed by atoms with E-state index in [0.717, 1.165) is 0 Å². The van der Waals surface area contributed by atoms with Crippen LogP contribution in [0.15, 0.2) is 23.1 Å². The molecular formula is C13H14ClN3O3S. The van der Waals surface area contributed by atoms with Crippen molar-refractivity contribution in [3.8, 4) is 6.07 Å². The quantitative estimate of drug-likeness (QED) is 0.900. The summed E-state index contributed by atoms with van der Waals surface area (Å²) < 4.78 is 26.4. The average molecular weight is 328 g/mol. The van der Waals surface area contributed by atoms with Gasteiger partial charge in [0.15, 0.2) is 0 Å². The Labute approximate surface area is 128 Å². The molecule has 1 N–H and O–H groups in total. The number of benzene rings is 1. The van der Waals surface area contributed by atoms with Crippen LogP contribution in [-0.4, -0.2) is 37.8 Å².